The molecule has 1 aliphatic rings. The third-order valence-electron chi connectivity index (χ3n) is 3.55. The fourth-order valence-corrected chi connectivity index (χ4v) is 2.26. The molecule has 5 nitrogen and oxygen atoms in total. The lowest BCUT2D eigenvalue weighted by Crippen LogP contribution is -2.51. The standard InChI is InChI=1S/C13H22N4O/c1-16-7-6-14-9-12(16)8-13(18)17(2)10-11-4-3-5-15-11/h3-5,12,14-15H,6-10H2,1-2H3. The zero-order valence-corrected chi connectivity index (χ0v) is 11.1. The Morgan fingerprint density at radius 2 is 2.44 bits per heavy atom. The molecular weight excluding hydrogens is 228 g/mol. The van der Waals surface area contributed by atoms with Gasteiger partial charge < -0.3 is 20.1 Å². The highest BCUT2D eigenvalue weighted by Gasteiger charge is 2.23. The Morgan fingerprint density at radius 3 is 3.11 bits per heavy atom. The van der Waals surface area contributed by atoms with Gasteiger partial charge in [-0.2, -0.15) is 0 Å². The number of nitrogens with zero attached hydrogens (tertiary/aromatic N) is 2. The molecule has 2 rings (SSSR count). The lowest BCUT2D eigenvalue weighted by atomic mass is 10.1. The van der Waals surface area contributed by atoms with Crippen molar-refractivity contribution in [1.29, 1.82) is 0 Å². The second-order valence-electron chi connectivity index (χ2n) is 4.99. The van der Waals surface area contributed by atoms with Gasteiger partial charge in [-0.25, -0.2) is 0 Å². The predicted molar refractivity (Wildman–Crippen MR) is 71.2 cm³/mol. The average Bonchev–Trinajstić information content (AvgIpc) is 2.84. The van der Waals surface area contributed by atoms with Crippen LogP contribution in [0.5, 0.6) is 0 Å². The van der Waals surface area contributed by atoms with Gasteiger partial charge in [-0.1, -0.05) is 0 Å². The molecule has 100 valence electrons. The van der Waals surface area contributed by atoms with Gasteiger partial charge in [0.05, 0.1) is 6.54 Å². The van der Waals surface area contributed by atoms with Crippen molar-refractivity contribution in [2.45, 2.75) is 19.0 Å². The molecule has 1 unspecified atom stereocenters. The van der Waals surface area contributed by atoms with E-state index in [1.165, 1.54) is 0 Å². The molecule has 0 radical (unpaired) electrons. The van der Waals surface area contributed by atoms with Crippen molar-refractivity contribution in [2.75, 3.05) is 33.7 Å². The summed E-state index contributed by atoms with van der Waals surface area (Å²) < 4.78 is 0. The monoisotopic (exact) mass is 250 g/mol. The van der Waals surface area contributed by atoms with E-state index in [9.17, 15) is 4.79 Å². The summed E-state index contributed by atoms with van der Waals surface area (Å²) in [6, 6.07) is 4.27. The minimum atomic E-state index is 0.199. The molecule has 1 saturated heterocycles. The molecule has 2 heterocycles. The van der Waals surface area contributed by atoms with Gasteiger partial charge in [0, 0.05) is 51.0 Å². The molecule has 0 aromatic carbocycles. The quantitative estimate of drug-likeness (QED) is 0.806. The van der Waals surface area contributed by atoms with Crippen LogP contribution in [0.2, 0.25) is 0 Å². The number of rotatable bonds is 4. The van der Waals surface area contributed by atoms with E-state index in [-0.39, 0.29) is 5.91 Å². The maximum atomic E-state index is 12.1. The average molecular weight is 250 g/mol. The lowest BCUT2D eigenvalue weighted by Gasteiger charge is -2.33. The number of piperazine rings is 1. The number of hydrogen-bond acceptors (Lipinski definition) is 3. The van der Waals surface area contributed by atoms with Crippen LogP contribution in [0.3, 0.4) is 0 Å². The topological polar surface area (TPSA) is 51.4 Å². The van der Waals surface area contributed by atoms with Crippen LogP contribution in [0.25, 0.3) is 0 Å². The number of nitrogens with one attached hydrogen (secondary N) is 2. The minimum absolute atomic E-state index is 0.199. The molecular formula is C13H22N4O. The second-order valence-corrected chi connectivity index (χ2v) is 4.99. The van der Waals surface area contributed by atoms with E-state index < -0.39 is 0 Å². The number of carbonyl (C=O) groups is 1. The highest BCUT2D eigenvalue weighted by atomic mass is 16.2. The normalized spacial score (nSPS) is 20.9. The number of aromatic nitrogens is 1. The summed E-state index contributed by atoms with van der Waals surface area (Å²) in [5.41, 5.74) is 1.07. The Balaban J connectivity index is 1.83. The van der Waals surface area contributed by atoms with E-state index in [1.54, 1.807) is 4.90 Å². The summed E-state index contributed by atoms with van der Waals surface area (Å²) in [5, 5.41) is 3.34. The molecule has 0 bridgehead atoms. The van der Waals surface area contributed by atoms with Crippen LogP contribution in [-0.2, 0) is 11.3 Å². The molecule has 1 fully saturated rings. The van der Waals surface area contributed by atoms with Gasteiger partial charge in [0.1, 0.15) is 0 Å². The van der Waals surface area contributed by atoms with Crippen molar-refractivity contribution >= 4 is 5.91 Å². The van der Waals surface area contributed by atoms with Gasteiger partial charge in [-0.05, 0) is 19.2 Å². The summed E-state index contributed by atoms with van der Waals surface area (Å²) in [6.45, 7) is 3.58. The van der Waals surface area contributed by atoms with Crippen LogP contribution in [0, 0.1) is 0 Å². The van der Waals surface area contributed by atoms with Gasteiger partial charge >= 0.3 is 0 Å². The Labute approximate surface area is 108 Å². The molecule has 1 amide bonds. The molecule has 5 heteroatoms. The molecule has 1 aliphatic heterocycles. The Morgan fingerprint density at radius 1 is 1.61 bits per heavy atom. The first-order valence-electron chi connectivity index (χ1n) is 6.44. The van der Waals surface area contributed by atoms with Gasteiger partial charge in [-0.3, -0.25) is 4.79 Å². The van der Waals surface area contributed by atoms with Crippen LogP contribution >= 0.6 is 0 Å². The molecule has 1 atom stereocenters. The van der Waals surface area contributed by atoms with E-state index >= 15 is 0 Å². The third-order valence-corrected chi connectivity index (χ3v) is 3.55. The van der Waals surface area contributed by atoms with Crippen molar-refractivity contribution < 1.29 is 4.79 Å². The largest absolute Gasteiger partial charge is 0.364 e. The number of likely N-dealkylation sites (N-methyl/N-ethyl adjacent to an activating group) is 1. The SMILES string of the molecule is CN(Cc1ccc[nH]1)C(=O)CC1CNCCN1C. The molecule has 0 spiro atoms. The predicted octanol–water partition coefficient (Wildman–Crippen LogP) is 0.267. The second kappa shape index (κ2) is 6.02. The first-order chi connectivity index (χ1) is 8.66. The summed E-state index contributed by atoms with van der Waals surface area (Å²) >= 11 is 0. The maximum absolute atomic E-state index is 12.1. The summed E-state index contributed by atoms with van der Waals surface area (Å²) in [6.07, 6.45) is 2.47. The van der Waals surface area contributed by atoms with Crippen LogP contribution in [0.15, 0.2) is 18.3 Å². The Hall–Kier alpha value is -1.33. The Kier molecular flexibility index (Phi) is 4.38. The molecule has 1 aromatic heterocycles. The number of H-pyrrole nitrogens is 1. The molecule has 1 aromatic rings. The summed E-state index contributed by atoms with van der Waals surface area (Å²) in [4.78, 5) is 19.3. The molecule has 2 N–H and O–H groups in total. The van der Waals surface area contributed by atoms with E-state index in [0.717, 1.165) is 25.3 Å². The first kappa shape index (κ1) is 13.1. The number of aromatic amines is 1. The summed E-state index contributed by atoms with van der Waals surface area (Å²) in [7, 11) is 3.95. The van der Waals surface area contributed by atoms with Crippen molar-refractivity contribution in [3.05, 3.63) is 24.0 Å². The lowest BCUT2D eigenvalue weighted by molar-refractivity contribution is -0.131. The van der Waals surface area contributed by atoms with Crippen molar-refractivity contribution in [2.24, 2.45) is 0 Å². The van der Waals surface area contributed by atoms with E-state index in [4.69, 9.17) is 0 Å². The van der Waals surface area contributed by atoms with Gasteiger partial charge in [0.25, 0.3) is 0 Å². The van der Waals surface area contributed by atoms with Gasteiger partial charge in [0.15, 0.2) is 0 Å². The van der Waals surface area contributed by atoms with Crippen LogP contribution < -0.4 is 5.32 Å². The van der Waals surface area contributed by atoms with E-state index in [2.05, 4.69) is 22.2 Å². The minimum Gasteiger partial charge on any atom is -0.364 e. The Bertz CT molecular complexity index is 376. The fourth-order valence-electron chi connectivity index (χ4n) is 2.26. The molecule has 18 heavy (non-hydrogen) atoms. The van der Waals surface area contributed by atoms with Gasteiger partial charge in [-0.15, -0.1) is 0 Å². The number of carbonyl (C=O) groups excluding carboxylic acids is 1. The number of amides is 1. The smallest absolute Gasteiger partial charge is 0.224 e. The molecule has 0 aliphatic carbocycles. The molecule has 0 saturated carbocycles. The summed E-state index contributed by atoms with van der Waals surface area (Å²) in [5.74, 6) is 0.199. The van der Waals surface area contributed by atoms with Crippen molar-refractivity contribution in [3.8, 4) is 0 Å². The number of hydrogen-bond donors (Lipinski definition) is 2. The maximum Gasteiger partial charge on any atom is 0.224 e. The zero-order chi connectivity index (χ0) is 13.0. The zero-order valence-electron chi connectivity index (χ0n) is 11.1. The van der Waals surface area contributed by atoms with Crippen LogP contribution in [0.4, 0.5) is 0 Å². The fraction of sp³-hybridized carbons (Fsp3) is 0.615. The van der Waals surface area contributed by atoms with Gasteiger partial charge in [0.2, 0.25) is 5.91 Å². The van der Waals surface area contributed by atoms with Crippen molar-refractivity contribution in [1.82, 2.24) is 20.1 Å². The van der Waals surface area contributed by atoms with Crippen LogP contribution in [-0.4, -0.2) is 60.5 Å². The third kappa shape index (κ3) is 3.34. The van der Waals surface area contributed by atoms with E-state index in [1.807, 2.05) is 25.4 Å². The van der Waals surface area contributed by atoms with Crippen LogP contribution in [0.1, 0.15) is 12.1 Å². The first-order valence-corrected chi connectivity index (χ1v) is 6.44. The van der Waals surface area contributed by atoms with Crippen molar-refractivity contribution in [3.63, 3.8) is 0 Å². The highest BCUT2D eigenvalue weighted by Crippen LogP contribution is 2.08. The highest BCUT2D eigenvalue weighted by molar-refractivity contribution is 5.76. The van der Waals surface area contributed by atoms with E-state index in [0.29, 0.717) is 19.0 Å².